The first-order valence-electron chi connectivity index (χ1n) is 7.59. The van der Waals surface area contributed by atoms with E-state index in [4.69, 9.17) is 14.7 Å². The molecule has 0 spiro atoms. The zero-order valence-electron chi connectivity index (χ0n) is 11.7. The van der Waals surface area contributed by atoms with Crippen molar-refractivity contribution in [1.82, 2.24) is 9.97 Å². The van der Waals surface area contributed by atoms with E-state index in [1.165, 1.54) is 43.4 Å². The monoisotopic (exact) mass is 261 g/mol. The Balaban J connectivity index is 1.93. The van der Waals surface area contributed by atoms with Gasteiger partial charge in [0.05, 0.1) is 18.9 Å². The van der Waals surface area contributed by atoms with Crippen molar-refractivity contribution in [3.8, 4) is 0 Å². The number of fused-ring (bicyclic) bond motifs is 1. The van der Waals surface area contributed by atoms with Crippen LogP contribution in [0.2, 0.25) is 0 Å². The molecule has 1 saturated carbocycles. The van der Waals surface area contributed by atoms with E-state index in [2.05, 4.69) is 12.2 Å². The number of nitrogens with one attached hydrogen (secondary N) is 1. The topological polar surface area (TPSA) is 47.0 Å². The van der Waals surface area contributed by atoms with Gasteiger partial charge in [-0.1, -0.05) is 19.3 Å². The number of rotatable bonds is 3. The highest BCUT2D eigenvalue weighted by Gasteiger charge is 2.23. The summed E-state index contributed by atoms with van der Waals surface area (Å²) in [6, 6.07) is 0. The maximum absolute atomic E-state index is 5.55. The third kappa shape index (κ3) is 2.73. The number of anilines is 1. The molecule has 0 radical (unpaired) electrons. The van der Waals surface area contributed by atoms with Crippen molar-refractivity contribution >= 4 is 5.82 Å². The van der Waals surface area contributed by atoms with Gasteiger partial charge in [0.15, 0.2) is 0 Å². The molecule has 4 nitrogen and oxygen atoms in total. The molecule has 1 aliphatic carbocycles. The number of aromatic nitrogens is 2. The second-order valence-electron chi connectivity index (χ2n) is 5.52. The molecule has 0 bridgehead atoms. The average Bonchev–Trinajstić information content (AvgIpc) is 2.48. The fourth-order valence-electron chi connectivity index (χ4n) is 3.11. The predicted molar refractivity (Wildman–Crippen MR) is 75.4 cm³/mol. The summed E-state index contributed by atoms with van der Waals surface area (Å²) in [5.74, 6) is 2.64. The summed E-state index contributed by atoms with van der Waals surface area (Å²) in [6.07, 6.45) is 7.45. The van der Waals surface area contributed by atoms with Crippen LogP contribution in [0.1, 0.15) is 62.0 Å². The average molecular weight is 261 g/mol. The Morgan fingerprint density at radius 1 is 1.21 bits per heavy atom. The molecule has 0 amide bonds. The Morgan fingerprint density at radius 2 is 2.05 bits per heavy atom. The molecule has 2 heterocycles. The molecule has 2 aliphatic rings. The predicted octanol–water partition coefficient (Wildman–Crippen LogP) is 3.03. The molecule has 0 aromatic carbocycles. The molecule has 0 saturated heterocycles. The van der Waals surface area contributed by atoms with E-state index < -0.39 is 0 Å². The van der Waals surface area contributed by atoms with Crippen LogP contribution >= 0.6 is 0 Å². The molecule has 0 unspecified atom stereocenters. The first kappa shape index (κ1) is 12.9. The molecule has 1 aromatic rings. The van der Waals surface area contributed by atoms with Crippen LogP contribution in [-0.4, -0.2) is 23.1 Å². The van der Waals surface area contributed by atoms with Crippen molar-refractivity contribution in [3.63, 3.8) is 0 Å². The number of nitrogens with zero attached hydrogens (tertiary/aromatic N) is 2. The Kier molecular flexibility index (Phi) is 3.97. The fourth-order valence-corrected chi connectivity index (χ4v) is 3.11. The maximum Gasteiger partial charge on any atom is 0.135 e. The van der Waals surface area contributed by atoms with Gasteiger partial charge in [0, 0.05) is 24.4 Å². The molecule has 19 heavy (non-hydrogen) atoms. The SMILES string of the molecule is CCNc1nc(C2CCCCC2)nc2c1COCC2. The molecule has 1 fully saturated rings. The maximum atomic E-state index is 5.55. The van der Waals surface area contributed by atoms with E-state index >= 15 is 0 Å². The zero-order valence-corrected chi connectivity index (χ0v) is 11.7. The highest BCUT2D eigenvalue weighted by atomic mass is 16.5. The summed E-state index contributed by atoms with van der Waals surface area (Å²) in [6.45, 7) is 4.45. The minimum absolute atomic E-state index is 0.569. The van der Waals surface area contributed by atoms with Gasteiger partial charge < -0.3 is 10.1 Å². The summed E-state index contributed by atoms with van der Waals surface area (Å²) in [4.78, 5) is 9.65. The van der Waals surface area contributed by atoms with Crippen LogP contribution in [0.3, 0.4) is 0 Å². The number of ether oxygens (including phenoxy) is 1. The third-order valence-corrected chi connectivity index (χ3v) is 4.15. The molecular formula is C15H23N3O. The second kappa shape index (κ2) is 5.87. The van der Waals surface area contributed by atoms with Gasteiger partial charge in [-0.2, -0.15) is 0 Å². The van der Waals surface area contributed by atoms with Gasteiger partial charge in [-0.05, 0) is 19.8 Å². The Labute approximate surface area is 115 Å². The standard InChI is InChI=1S/C15H23N3O/c1-2-16-15-12-10-19-9-8-13(12)17-14(18-15)11-6-4-3-5-7-11/h11H,2-10H2,1H3,(H,16,17,18). The lowest BCUT2D eigenvalue weighted by molar-refractivity contribution is 0.109. The second-order valence-corrected chi connectivity index (χ2v) is 5.52. The highest BCUT2D eigenvalue weighted by molar-refractivity contribution is 5.47. The van der Waals surface area contributed by atoms with E-state index in [0.717, 1.165) is 31.2 Å². The molecule has 1 N–H and O–H groups in total. The van der Waals surface area contributed by atoms with Gasteiger partial charge >= 0.3 is 0 Å². The summed E-state index contributed by atoms with van der Waals surface area (Å²) >= 11 is 0. The minimum Gasteiger partial charge on any atom is -0.376 e. The van der Waals surface area contributed by atoms with E-state index in [1.54, 1.807) is 0 Å². The van der Waals surface area contributed by atoms with E-state index in [1.807, 2.05) is 0 Å². The molecule has 0 atom stereocenters. The lowest BCUT2D eigenvalue weighted by Crippen LogP contribution is -2.20. The van der Waals surface area contributed by atoms with Crippen LogP contribution in [0.25, 0.3) is 0 Å². The van der Waals surface area contributed by atoms with Crippen molar-refractivity contribution in [3.05, 3.63) is 17.1 Å². The summed E-state index contributed by atoms with van der Waals surface area (Å²) < 4.78 is 5.55. The minimum atomic E-state index is 0.569. The third-order valence-electron chi connectivity index (χ3n) is 4.15. The van der Waals surface area contributed by atoms with Crippen LogP contribution in [0.15, 0.2) is 0 Å². The van der Waals surface area contributed by atoms with E-state index in [-0.39, 0.29) is 0 Å². The largest absolute Gasteiger partial charge is 0.376 e. The van der Waals surface area contributed by atoms with Crippen molar-refractivity contribution in [2.24, 2.45) is 0 Å². The summed E-state index contributed by atoms with van der Waals surface area (Å²) in [5, 5.41) is 3.38. The smallest absolute Gasteiger partial charge is 0.135 e. The Morgan fingerprint density at radius 3 is 2.84 bits per heavy atom. The summed E-state index contributed by atoms with van der Waals surface area (Å²) in [7, 11) is 0. The van der Waals surface area contributed by atoms with E-state index in [9.17, 15) is 0 Å². The van der Waals surface area contributed by atoms with Crippen LogP contribution in [0, 0.1) is 0 Å². The fraction of sp³-hybridized carbons (Fsp3) is 0.733. The zero-order chi connectivity index (χ0) is 13.1. The van der Waals surface area contributed by atoms with E-state index in [0.29, 0.717) is 12.5 Å². The molecule has 3 rings (SSSR count). The lowest BCUT2D eigenvalue weighted by atomic mass is 9.88. The number of hydrogen-bond donors (Lipinski definition) is 1. The van der Waals surface area contributed by atoms with Gasteiger partial charge in [-0.25, -0.2) is 9.97 Å². The van der Waals surface area contributed by atoms with Crippen molar-refractivity contribution < 1.29 is 4.74 Å². The molecular weight excluding hydrogens is 238 g/mol. The summed E-state index contributed by atoms with van der Waals surface area (Å²) in [5.41, 5.74) is 2.38. The van der Waals surface area contributed by atoms with Crippen molar-refractivity contribution in [1.29, 1.82) is 0 Å². The molecule has 104 valence electrons. The Bertz CT molecular complexity index is 441. The van der Waals surface area contributed by atoms with Gasteiger partial charge in [0.2, 0.25) is 0 Å². The number of hydrogen-bond acceptors (Lipinski definition) is 4. The van der Waals surface area contributed by atoms with Crippen LogP contribution < -0.4 is 5.32 Å². The lowest BCUT2D eigenvalue weighted by Gasteiger charge is -2.24. The first-order chi connectivity index (χ1) is 9.38. The van der Waals surface area contributed by atoms with Gasteiger partial charge in [0.1, 0.15) is 11.6 Å². The van der Waals surface area contributed by atoms with Crippen molar-refractivity contribution in [2.45, 2.75) is 58.0 Å². The quantitative estimate of drug-likeness (QED) is 0.908. The molecule has 1 aromatic heterocycles. The van der Waals surface area contributed by atoms with Gasteiger partial charge in [-0.3, -0.25) is 0 Å². The molecule has 1 aliphatic heterocycles. The first-order valence-corrected chi connectivity index (χ1v) is 7.59. The molecule has 4 heteroatoms. The van der Waals surface area contributed by atoms with Crippen LogP contribution in [0.4, 0.5) is 5.82 Å². The highest BCUT2D eigenvalue weighted by Crippen LogP contribution is 2.33. The van der Waals surface area contributed by atoms with Crippen molar-refractivity contribution in [2.75, 3.05) is 18.5 Å². The van der Waals surface area contributed by atoms with Gasteiger partial charge in [-0.15, -0.1) is 0 Å². The van der Waals surface area contributed by atoms with Gasteiger partial charge in [0.25, 0.3) is 0 Å². The Hall–Kier alpha value is -1.16. The van der Waals surface area contributed by atoms with Crippen LogP contribution in [-0.2, 0) is 17.8 Å². The van der Waals surface area contributed by atoms with Crippen LogP contribution in [0.5, 0.6) is 0 Å². The normalized spacial score (nSPS) is 20.1.